The van der Waals surface area contributed by atoms with Gasteiger partial charge in [-0.2, -0.15) is 0 Å². The quantitative estimate of drug-likeness (QED) is 0.668. The zero-order valence-corrected chi connectivity index (χ0v) is 16.1. The number of aromatic nitrogens is 2. The number of hydrogen-bond acceptors (Lipinski definition) is 5. The Labute approximate surface area is 149 Å². The Hall–Kier alpha value is -1.34. The number of piperidine rings is 1. The van der Waals surface area contributed by atoms with E-state index >= 15 is 0 Å². The Kier molecular flexibility index (Phi) is 5.01. The molecular weight excluding hydrogens is 342 g/mol. The third-order valence-corrected chi connectivity index (χ3v) is 6.79. The Bertz CT molecular complexity index is 817. The highest BCUT2D eigenvalue weighted by Crippen LogP contribution is 2.28. The number of hydrogen-bond donors (Lipinski definition) is 1. The fourth-order valence-electron chi connectivity index (χ4n) is 3.42. The van der Waals surface area contributed by atoms with Gasteiger partial charge in [-0.3, -0.25) is 9.59 Å². The van der Waals surface area contributed by atoms with Crippen molar-refractivity contribution in [3.05, 3.63) is 20.8 Å². The van der Waals surface area contributed by atoms with Gasteiger partial charge in [0.2, 0.25) is 5.91 Å². The Morgan fingerprint density at radius 1 is 1.33 bits per heavy atom. The Balaban J connectivity index is 1.76. The van der Waals surface area contributed by atoms with E-state index in [-0.39, 0.29) is 11.5 Å². The van der Waals surface area contributed by atoms with Gasteiger partial charge in [0.1, 0.15) is 4.83 Å². The van der Waals surface area contributed by atoms with Crippen molar-refractivity contribution in [1.82, 2.24) is 14.9 Å². The Morgan fingerprint density at radius 2 is 2.00 bits per heavy atom. The number of amides is 1. The van der Waals surface area contributed by atoms with Gasteiger partial charge in [-0.25, -0.2) is 4.98 Å². The summed E-state index contributed by atoms with van der Waals surface area (Å²) in [6, 6.07) is 0.581. The van der Waals surface area contributed by atoms with Gasteiger partial charge >= 0.3 is 0 Å². The van der Waals surface area contributed by atoms with Crippen molar-refractivity contribution in [2.24, 2.45) is 0 Å². The maximum atomic E-state index is 12.6. The summed E-state index contributed by atoms with van der Waals surface area (Å²) in [5.41, 5.74) is 0.879. The highest BCUT2D eigenvalue weighted by molar-refractivity contribution is 7.99. The number of fused-ring (bicyclic) bond motifs is 1. The number of nitrogens with one attached hydrogen (secondary N) is 1. The molecule has 0 saturated carbocycles. The first-order valence-corrected chi connectivity index (χ1v) is 10.1. The van der Waals surface area contributed by atoms with E-state index in [1.165, 1.54) is 29.5 Å². The highest BCUT2D eigenvalue weighted by Gasteiger charge is 2.28. The average Bonchev–Trinajstić information content (AvgIpc) is 2.80. The second-order valence-electron chi connectivity index (χ2n) is 6.55. The van der Waals surface area contributed by atoms with E-state index in [0.29, 0.717) is 28.4 Å². The smallest absolute Gasteiger partial charge is 0.260 e. The molecule has 2 aromatic rings. The lowest BCUT2D eigenvalue weighted by Crippen LogP contribution is -2.48. The lowest BCUT2D eigenvalue weighted by molar-refractivity contribution is -0.134. The van der Waals surface area contributed by atoms with Crippen LogP contribution in [0.1, 0.15) is 43.6 Å². The molecule has 0 bridgehead atoms. The normalized spacial score (nSPS) is 21.4. The van der Waals surface area contributed by atoms with Crippen LogP contribution in [0.25, 0.3) is 10.2 Å². The molecule has 0 radical (unpaired) electrons. The number of thiophene rings is 1. The summed E-state index contributed by atoms with van der Waals surface area (Å²) in [5.74, 6) is 0.438. The monoisotopic (exact) mass is 365 g/mol. The van der Waals surface area contributed by atoms with Crippen LogP contribution in [0.2, 0.25) is 0 Å². The fraction of sp³-hybridized carbons (Fsp3) is 0.588. The molecule has 0 aliphatic carbocycles. The van der Waals surface area contributed by atoms with Gasteiger partial charge in [0.05, 0.1) is 11.1 Å². The van der Waals surface area contributed by atoms with E-state index in [1.807, 2.05) is 18.7 Å². The van der Waals surface area contributed by atoms with Crippen LogP contribution in [0.4, 0.5) is 0 Å². The molecule has 2 aromatic heterocycles. The number of aryl methyl sites for hydroxylation is 2. The second kappa shape index (κ2) is 6.88. The topological polar surface area (TPSA) is 66.1 Å². The summed E-state index contributed by atoms with van der Waals surface area (Å²) >= 11 is 2.85. The van der Waals surface area contributed by atoms with Gasteiger partial charge in [0.25, 0.3) is 5.56 Å². The minimum absolute atomic E-state index is 0.114. The zero-order chi connectivity index (χ0) is 17.4. The summed E-state index contributed by atoms with van der Waals surface area (Å²) in [7, 11) is 0. The van der Waals surface area contributed by atoms with Gasteiger partial charge < -0.3 is 9.88 Å². The maximum Gasteiger partial charge on any atom is 0.260 e. The predicted octanol–water partition coefficient (Wildman–Crippen LogP) is 3.48. The summed E-state index contributed by atoms with van der Waals surface area (Å²) < 4.78 is 0. The molecular formula is C17H23N3O2S2. The van der Waals surface area contributed by atoms with Crippen LogP contribution >= 0.6 is 23.1 Å². The first-order chi connectivity index (χ1) is 11.4. The van der Waals surface area contributed by atoms with E-state index in [4.69, 9.17) is 0 Å². The first kappa shape index (κ1) is 17.5. The van der Waals surface area contributed by atoms with Crippen LogP contribution in [0, 0.1) is 13.8 Å². The number of carbonyl (C=O) groups excluding carboxylic acids is 1. The summed E-state index contributed by atoms with van der Waals surface area (Å²) in [6.45, 7) is 8.17. The number of carbonyl (C=O) groups is 1. The predicted molar refractivity (Wildman–Crippen MR) is 100 cm³/mol. The van der Waals surface area contributed by atoms with Gasteiger partial charge in [0, 0.05) is 17.0 Å². The van der Waals surface area contributed by atoms with Crippen molar-refractivity contribution in [3.63, 3.8) is 0 Å². The minimum atomic E-state index is -0.114. The van der Waals surface area contributed by atoms with Crippen LogP contribution in [0.15, 0.2) is 9.95 Å². The molecule has 130 valence electrons. The maximum absolute atomic E-state index is 12.6. The molecule has 3 heterocycles. The van der Waals surface area contributed by atoms with Crippen LogP contribution < -0.4 is 5.56 Å². The SMILES string of the molecule is Cc1sc2nc(SCC(=O)N3[C@H](C)CCC[C@@H]3C)[nH]c(=O)c2c1C. The Morgan fingerprint density at radius 3 is 2.67 bits per heavy atom. The molecule has 1 amide bonds. The molecule has 3 rings (SSSR count). The molecule has 2 atom stereocenters. The fourth-order valence-corrected chi connectivity index (χ4v) is 5.24. The van der Waals surface area contributed by atoms with Crippen molar-refractivity contribution in [2.45, 2.75) is 64.2 Å². The number of likely N-dealkylation sites (tertiary alicyclic amines) is 1. The minimum Gasteiger partial charge on any atom is -0.337 e. The molecule has 1 fully saturated rings. The lowest BCUT2D eigenvalue weighted by Gasteiger charge is -2.39. The van der Waals surface area contributed by atoms with E-state index < -0.39 is 0 Å². The first-order valence-electron chi connectivity index (χ1n) is 8.32. The zero-order valence-electron chi connectivity index (χ0n) is 14.5. The van der Waals surface area contributed by atoms with Crippen molar-refractivity contribution in [3.8, 4) is 0 Å². The van der Waals surface area contributed by atoms with Crippen LogP contribution in [0.3, 0.4) is 0 Å². The largest absolute Gasteiger partial charge is 0.337 e. The van der Waals surface area contributed by atoms with E-state index in [2.05, 4.69) is 23.8 Å². The average molecular weight is 366 g/mol. The van der Waals surface area contributed by atoms with Gasteiger partial charge in [-0.05, 0) is 52.5 Å². The van der Waals surface area contributed by atoms with Crippen LogP contribution in [-0.2, 0) is 4.79 Å². The lowest BCUT2D eigenvalue weighted by atomic mass is 9.98. The second-order valence-corrected chi connectivity index (χ2v) is 8.72. The van der Waals surface area contributed by atoms with E-state index in [9.17, 15) is 9.59 Å². The highest BCUT2D eigenvalue weighted by atomic mass is 32.2. The van der Waals surface area contributed by atoms with Crippen molar-refractivity contribution in [1.29, 1.82) is 0 Å². The van der Waals surface area contributed by atoms with Gasteiger partial charge in [0.15, 0.2) is 5.16 Å². The molecule has 5 nitrogen and oxygen atoms in total. The molecule has 0 aromatic carbocycles. The number of nitrogens with zero attached hydrogens (tertiary/aromatic N) is 2. The molecule has 0 unspecified atom stereocenters. The number of aromatic amines is 1. The van der Waals surface area contributed by atoms with Crippen molar-refractivity contribution < 1.29 is 4.79 Å². The molecule has 1 N–H and O–H groups in total. The number of thioether (sulfide) groups is 1. The van der Waals surface area contributed by atoms with Gasteiger partial charge in [-0.15, -0.1) is 11.3 Å². The molecule has 1 aliphatic heterocycles. The van der Waals surface area contributed by atoms with E-state index in [0.717, 1.165) is 28.1 Å². The van der Waals surface area contributed by atoms with Crippen molar-refractivity contribution >= 4 is 39.2 Å². The number of rotatable bonds is 3. The number of H-pyrrole nitrogens is 1. The standard InChI is InChI=1S/C17H23N3O2S2/c1-9-6-5-7-10(2)20(9)13(21)8-23-17-18-15(22)14-11(3)12(4)24-16(14)19-17/h9-10H,5-8H2,1-4H3,(H,18,19,22)/t9-,10+. The van der Waals surface area contributed by atoms with Crippen molar-refractivity contribution in [2.75, 3.05) is 5.75 Å². The molecule has 7 heteroatoms. The third kappa shape index (κ3) is 3.24. The molecule has 1 aliphatic rings. The van der Waals surface area contributed by atoms with Crippen LogP contribution in [0.5, 0.6) is 0 Å². The molecule has 24 heavy (non-hydrogen) atoms. The van der Waals surface area contributed by atoms with Crippen LogP contribution in [-0.4, -0.2) is 38.6 Å². The third-order valence-electron chi connectivity index (χ3n) is 4.83. The van der Waals surface area contributed by atoms with Gasteiger partial charge in [-0.1, -0.05) is 11.8 Å². The molecule has 0 spiro atoms. The van der Waals surface area contributed by atoms with E-state index in [1.54, 1.807) is 0 Å². The summed E-state index contributed by atoms with van der Waals surface area (Å²) in [6.07, 6.45) is 3.31. The summed E-state index contributed by atoms with van der Waals surface area (Å²) in [5, 5.41) is 1.20. The summed E-state index contributed by atoms with van der Waals surface area (Å²) in [4.78, 5) is 36.1. The molecule has 1 saturated heterocycles.